The molecule has 0 saturated carbocycles. The summed E-state index contributed by atoms with van der Waals surface area (Å²) in [5.41, 5.74) is 1.44. The fraction of sp³-hybridized carbons (Fsp3) is 0.176. The summed E-state index contributed by atoms with van der Waals surface area (Å²) < 4.78 is 38.3. The summed E-state index contributed by atoms with van der Waals surface area (Å²) in [5.74, 6) is -0.474. The first-order valence-corrected chi connectivity index (χ1v) is 6.88. The van der Waals surface area contributed by atoms with Gasteiger partial charge in [0.1, 0.15) is 5.56 Å². The van der Waals surface area contributed by atoms with Crippen molar-refractivity contribution >= 4 is 17.2 Å². The van der Waals surface area contributed by atoms with Crippen molar-refractivity contribution in [1.29, 1.82) is 0 Å². The SMILES string of the molecule is Cc1cc2c(cc1C)[N+]([O-])=C(c1ccc(C(F)(F)F)cc1)C2=O. The first kappa shape index (κ1) is 15.3. The maximum absolute atomic E-state index is 12.6. The molecule has 3 nitrogen and oxygen atoms in total. The van der Waals surface area contributed by atoms with Gasteiger partial charge in [-0.15, -0.1) is 0 Å². The summed E-state index contributed by atoms with van der Waals surface area (Å²) in [7, 11) is 0. The molecule has 0 aromatic heterocycles. The average Bonchev–Trinajstić information content (AvgIpc) is 2.71. The van der Waals surface area contributed by atoms with Crippen LogP contribution in [0.25, 0.3) is 0 Å². The molecule has 6 heteroatoms. The molecule has 0 atom stereocenters. The number of alkyl halides is 3. The van der Waals surface area contributed by atoms with Crippen molar-refractivity contribution in [3.63, 3.8) is 0 Å². The number of nitrogens with zero attached hydrogens (tertiary/aromatic N) is 1. The zero-order valence-corrected chi connectivity index (χ0v) is 12.4. The van der Waals surface area contributed by atoms with Gasteiger partial charge in [0.25, 0.3) is 11.5 Å². The number of benzene rings is 2. The Morgan fingerprint density at radius 1 is 1.00 bits per heavy atom. The molecule has 1 heterocycles. The second kappa shape index (κ2) is 4.94. The van der Waals surface area contributed by atoms with Gasteiger partial charge in [0, 0.05) is 6.07 Å². The molecule has 2 aromatic rings. The van der Waals surface area contributed by atoms with Gasteiger partial charge in [-0.1, -0.05) is 0 Å². The standard InChI is InChI=1S/C17H12F3NO2/c1-9-7-13-14(8-10(9)2)21(23)15(16(13)22)11-3-5-12(6-4-11)17(18,19)20/h3-8H,1-2H3. The fourth-order valence-corrected chi connectivity index (χ4v) is 2.56. The topological polar surface area (TPSA) is 43.1 Å². The Bertz CT molecular complexity index is 849. The zero-order valence-electron chi connectivity index (χ0n) is 12.4. The van der Waals surface area contributed by atoms with Crippen LogP contribution in [0.15, 0.2) is 36.4 Å². The highest BCUT2D eigenvalue weighted by Crippen LogP contribution is 2.32. The second-order valence-corrected chi connectivity index (χ2v) is 5.50. The number of halogens is 3. The van der Waals surface area contributed by atoms with Gasteiger partial charge >= 0.3 is 6.18 Å². The molecule has 0 fully saturated rings. The summed E-state index contributed by atoms with van der Waals surface area (Å²) in [6.45, 7) is 3.65. The highest BCUT2D eigenvalue weighted by molar-refractivity contribution is 6.52. The number of aryl methyl sites for hydroxylation is 2. The Morgan fingerprint density at radius 2 is 1.57 bits per heavy atom. The summed E-state index contributed by atoms with van der Waals surface area (Å²) in [6.07, 6.45) is -4.46. The summed E-state index contributed by atoms with van der Waals surface area (Å²) in [6, 6.07) is 7.27. The minimum atomic E-state index is -4.46. The molecule has 0 aliphatic carbocycles. The first-order chi connectivity index (χ1) is 10.7. The number of Topliss-reactive ketones (excluding diaryl/α,β-unsaturated/α-hetero) is 1. The highest BCUT2D eigenvalue weighted by Gasteiger charge is 2.37. The van der Waals surface area contributed by atoms with Gasteiger partial charge in [-0.2, -0.15) is 17.9 Å². The van der Waals surface area contributed by atoms with E-state index in [1.807, 2.05) is 13.8 Å². The molecular formula is C17H12F3NO2. The maximum Gasteiger partial charge on any atom is 0.416 e. The lowest BCUT2D eigenvalue weighted by Gasteiger charge is -2.07. The van der Waals surface area contributed by atoms with Gasteiger partial charge in [-0.05, 0) is 55.3 Å². The number of carbonyl (C=O) groups excluding carboxylic acids is 1. The van der Waals surface area contributed by atoms with Crippen molar-refractivity contribution in [2.75, 3.05) is 0 Å². The molecule has 0 amide bonds. The van der Waals surface area contributed by atoms with Gasteiger partial charge in [0.05, 0.1) is 11.1 Å². The lowest BCUT2D eigenvalue weighted by atomic mass is 9.99. The third-order valence-electron chi connectivity index (χ3n) is 3.98. The molecule has 23 heavy (non-hydrogen) atoms. The van der Waals surface area contributed by atoms with Gasteiger partial charge in [0.2, 0.25) is 5.69 Å². The van der Waals surface area contributed by atoms with Gasteiger partial charge in [-0.25, -0.2) is 0 Å². The van der Waals surface area contributed by atoms with E-state index in [4.69, 9.17) is 0 Å². The third kappa shape index (κ3) is 2.40. The number of carbonyl (C=O) groups is 1. The molecule has 0 spiro atoms. The van der Waals surface area contributed by atoms with E-state index in [9.17, 15) is 23.2 Å². The number of fused-ring (bicyclic) bond motifs is 1. The third-order valence-corrected chi connectivity index (χ3v) is 3.98. The summed E-state index contributed by atoms with van der Waals surface area (Å²) in [4.78, 5) is 12.5. The van der Waals surface area contributed by atoms with Crippen molar-refractivity contribution in [2.45, 2.75) is 20.0 Å². The van der Waals surface area contributed by atoms with Crippen LogP contribution < -0.4 is 0 Å². The van der Waals surface area contributed by atoms with Crippen molar-refractivity contribution < 1.29 is 22.7 Å². The predicted octanol–water partition coefficient (Wildman–Crippen LogP) is 4.15. The molecule has 0 radical (unpaired) electrons. The van der Waals surface area contributed by atoms with Crippen LogP contribution in [0.1, 0.15) is 32.6 Å². The van der Waals surface area contributed by atoms with E-state index >= 15 is 0 Å². The van der Waals surface area contributed by atoms with E-state index in [-0.39, 0.29) is 22.5 Å². The maximum atomic E-state index is 12.6. The fourth-order valence-electron chi connectivity index (χ4n) is 2.56. The first-order valence-electron chi connectivity index (χ1n) is 6.88. The Morgan fingerprint density at radius 3 is 2.13 bits per heavy atom. The lowest BCUT2D eigenvalue weighted by Crippen LogP contribution is -2.17. The van der Waals surface area contributed by atoms with Crippen LogP contribution in [-0.4, -0.2) is 16.2 Å². The van der Waals surface area contributed by atoms with Crippen LogP contribution >= 0.6 is 0 Å². The van der Waals surface area contributed by atoms with Crippen LogP contribution in [0.4, 0.5) is 18.9 Å². The van der Waals surface area contributed by atoms with Crippen LogP contribution in [0.3, 0.4) is 0 Å². The predicted molar refractivity (Wildman–Crippen MR) is 79.1 cm³/mol. The quantitative estimate of drug-likeness (QED) is 0.585. The van der Waals surface area contributed by atoms with Crippen molar-refractivity contribution in [2.24, 2.45) is 0 Å². The van der Waals surface area contributed by atoms with E-state index in [0.29, 0.717) is 4.74 Å². The van der Waals surface area contributed by atoms with Gasteiger partial charge in [0.15, 0.2) is 0 Å². The van der Waals surface area contributed by atoms with E-state index in [0.717, 1.165) is 35.4 Å². The average molecular weight is 319 g/mol. The largest absolute Gasteiger partial charge is 0.618 e. The molecule has 0 bridgehead atoms. The van der Waals surface area contributed by atoms with Crippen LogP contribution in [-0.2, 0) is 6.18 Å². The van der Waals surface area contributed by atoms with Crippen LogP contribution in [0, 0.1) is 19.1 Å². The molecule has 2 aromatic carbocycles. The zero-order chi connectivity index (χ0) is 16.9. The normalized spacial score (nSPS) is 14.4. The van der Waals surface area contributed by atoms with Gasteiger partial charge < -0.3 is 5.21 Å². The molecule has 1 aliphatic rings. The van der Waals surface area contributed by atoms with E-state index in [1.54, 1.807) is 12.1 Å². The number of hydrogen-bond donors (Lipinski definition) is 0. The lowest BCUT2D eigenvalue weighted by molar-refractivity contribution is -0.355. The van der Waals surface area contributed by atoms with E-state index < -0.39 is 17.5 Å². The second-order valence-electron chi connectivity index (χ2n) is 5.50. The highest BCUT2D eigenvalue weighted by atomic mass is 19.4. The molecule has 0 saturated heterocycles. The monoisotopic (exact) mass is 319 g/mol. The van der Waals surface area contributed by atoms with E-state index in [2.05, 4.69) is 0 Å². The molecule has 0 N–H and O–H groups in total. The Kier molecular flexibility index (Phi) is 3.28. The number of hydrogen-bond acceptors (Lipinski definition) is 2. The van der Waals surface area contributed by atoms with Crippen LogP contribution in [0.2, 0.25) is 0 Å². The van der Waals surface area contributed by atoms with Crippen LogP contribution in [0.5, 0.6) is 0 Å². The smallest absolute Gasteiger partial charge is 0.416 e. The summed E-state index contributed by atoms with van der Waals surface area (Å²) >= 11 is 0. The number of rotatable bonds is 1. The minimum Gasteiger partial charge on any atom is -0.618 e. The molecule has 0 unspecified atom stereocenters. The van der Waals surface area contributed by atoms with Crippen molar-refractivity contribution in [3.05, 3.63) is 69.4 Å². The van der Waals surface area contributed by atoms with Crippen molar-refractivity contribution in [3.8, 4) is 0 Å². The Balaban J connectivity index is 2.09. The number of ketones is 1. The molecule has 118 valence electrons. The summed E-state index contributed by atoms with van der Waals surface area (Å²) in [5, 5.41) is 12.4. The van der Waals surface area contributed by atoms with Crippen molar-refractivity contribution in [1.82, 2.24) is 0 Å². The van der Waals surface area contributed by atoms with Gasteiger partial charge in [-0.3, -0.25) is 4.79 Å². The molecule has 1 aliphatic heterocycles. The minimum absolute atomic E-state index is 0.154. The van der Waals surface area contributed by atoms with E-state index in [1.165, 1.54) is 0 Å². The Hall–Kier alpha value is -2.63. The molecule has 3 rings (SSSR count). The molecular weight excluding hydrogens is 307 g/mol. The Labute approximate surface area is 130 Å².